The van der Waals surface area contributed by atoms with Crippen LogP contribution in [0, 0.1) is 0 Å². The van der Waals surface area contributed by atoms with Gasteiger partial charge in [0.05, 0.1) is 0 Å². The Kier molecular flexibility index (Phi) is 5.22. The molecule has 0 bridgehead atoms. The molecule has 0 aliphatic heterocycles. The van der Waals surface area contributed by atoms with E-state index in [1.54, 1.807) is 60.7 Å². The number of nitrogens with one attached hydrogen (secondary N) is 1. The Morgan fingerprint density at radius 3 is 1.84 bits per heavy atom. The molecule has 0 saturated carbocycles. The smallest absolute Gasteiger partial charge is 0.338 e. The van der Waals surface area contributed by atoms with Gasteiger partial charge in [0.25, 0.3) is 5.91 Å². The minimum absolute atomic E-state index is 0.334. The van der Waals surface area contributed by atoms with Crippen molar-refractivity contribution in [3.63, 3.8) is 0 Å². The number of esters is 1. The van der Waals surface area contributed by atoms with Crippen molar-refractivity contribution in [1.29, 1.82) is 0 Å². The Hall–Kier alpha value is -3.40. The SMILES string of the molecule is O=C(N[C@@H](C(=O)Oc1ccccc1)c1ccccc1)c1ccccc1. The van der Waals surface area contributed by atoms with E-state index in [1.807, 2.05) is 30.3 Å². The molecular formula is C21H17NO3. The van der Waals surface area contributed by atoms with E-state index in [2.05, 4.69) is 5.32 Å². The molecule has 0 aromatic heterocycles. The van der Waals surface area contributed by atoms with E-state index in [9.17, 15) is 9.59 Å². The van der Waals surface area contributed by atoms with E-state index in [0.717, 1.165) is 0 Å². The number of rotatable bonds is 5. The number of para-hydroxylation sites is 1. The fraction of sp³-hybridized carbons (Fsp3) is 0.0476. The van der Waals surface area contributed by atoms with E-state index < -0.39 is 12.0 Å². The van der Waals surface area contributed by atoms with Gasteiger partial charge in [-0.15, -0.1) is 0 Å². The lowest BCUT2D eigenvalue weighted by atomic mass is 10.1. The fourth-order valence-electron chi connectivity index (χ4n) is 2.39. The van der Waals surface area contributed by atoms with Gasteiger partial charge in [-0.1, -0.05) is 66.7 Å². The van der Waals surface area contributed by atoms with Gasteiger partial charge in [0.2, 0.25) is 0 Å². The first-order valence-corrected chi connectivity index (χ1v) is 7.91. The highest BCUT2D eigenvalue weighted by atomic mass is 16.5. The van der Waals surface area contributed by atoms with Gasteiger partial charge in [-0.3, -0.25) is 4.79 Å². The summed E-state index contributed by atoms with van der Waals surface area (Å²) in [5.41, 5.74) is 1.14. The summed E-state index contributed by atoms with van der Waals surface area (Å²) in [5, 5.41) is 2.76. The van der Waals surface area contributed by atoms with E-state index in [1.165, 1.54) is 0 Å². The minimum atomic E-state index is -0.894. The number of carbonyl (C=O) groups excluding carboxylic acids is 2. The van der Waals surface area contributed by atoms with Gasteiger partial charge >= 0.3 is 5.97 Å². The first-order valence-electron chi connectivity index (χ1n) is 7.91. The molecule has 4 nitrogen and oxygen atoms in total. The van der Waals surface area contributed by atoms with Crippen molar-refractivity contribution in [2.45, 2.75) is 6.04 Å². The van der Waals surface area contributed by atoms with Crippen molar-refractivity contribution in [3.05, 3.63) is 102 Å². The van der Waals surface area contributed by atoms with Crippen LogP contribution in [0.1, 0.15) is 22.0 Å². The van der Waals surface area contributed by atoms with Crippen molar-refractivity contribution in [1.82, 2.24) is 5.32 Å². The summed E-state index contributed by atoms with van der Waals surface area (Å²) < 4.78 is 5.41. The van der Waals surface area contributed by atoms with Crippen molar-refractivity contribution in [3.8, 4) is 5.75 Å². The van der Waals surface area contributed by atoms with Crippen molar-refractivity contribution in [2.24, 2.45) is 0 Å². The number of carbonyl (C=O) groups is 2. The van der Waals surface area contributed by atoms with Crippen LogP contribution in [0.4, 0.5) is 0 Å². The van der Waals surface area contributed by atoms with E-state index in [4.69, 9.17) is 4.74 Å². The predicted octanol–water partition coefficient (Wildman–Crippen LogP) is 3.76. The maximum absolute atomic E-state index is 12.6. The molecule has 3 rings (SSSR count). The highest BCUT2D eigenvalue weighted by Gasteiger charge is 2.25. The largest absolute Gasteiger partial charge is 0.425 e. The summed E-state index contributed by atoms with van der Waals surface area (Å²) in [4.78, 5) is 25.1. The van der Waals surface area contributed by atoms with Gasteiger partial charge in [0.1, 0.15) is 5.75 Å². The second kappa shape index (κ2) is 7.93. The van der Waals surface area contributed by atoms with Crippen molar-refractivity contribution < 1.29 is 14.3 Å². The number of ether oxygens (including phenoxy) is 1. The fourth-order valence-corrected chi connectivity index (χ4v) is 2.39. The molecule has 0 radical (unpaired) electrons. The normalized spacial score (nSPS) is 11.4. The Morgan fingerprint density at radius 2 is 1.24 bits per heavy atom. The van der Waals surface area contributed by atoms with Gasteiger partial charge < -0.3 is 10.1 Å². The molecule has 124 valence electrons. The van der Waals surface area contributed by atoms with Crippen molar-refractivity contribution >= 4 is 11.9 Å². The molecule has 3 aromatic rings. The van der Waals surface area contributed by atoms with Crippen LogP contribution in [0.5, 0.6) is 5.75 Å². The summed E-state index contributed by atoms with van der Waals surface area (Å²) in [7, 11) is 0. The molecular weight excluding hydrogens is 314 g/mol. The van der Waals surface area contributed by atoms with Crippen LogP contribution in [0.3, 0.4) is 0 Å². The summed E-state index contributed by atoms with van der Waals surface area (Å²) in [6.45, 7) is 0. The third-order valence-corrected chi connectivity index (χ3v) is 3.64. The number of amides is 1. The quantitative estimate of drug-likeness (QED) is 0.572. The molecule has 0 fully saturated rings. The zero-order valence-corrected chi connectivity index (χ0v) is 13.5. The molecule has 1 amide bonds. The van der Waals surface area contributed by atoms with Crippen LogP contribution >= 0.6 is 0 Å². The van der Waals surface area contributed by atoms with E-state index >= 15 is 0 Å². The monoisotopic (exact) mass is 331 g/mol. The molecule has 4 heteroatoms. The standard InChI is InChI=1S/C21H17NO3/c23-20(17-12-6-2-7-13-17)22-19(16-10-4-1-5-11-16)21(24)25-18-14-8-3-9-15-18/h1-15,19H,(H,22,23)/t19-/m1/s1. The summed E-state index contributed by atoms with van der Waals surface area (Å²) in [5.74, 6) is -0.441. The second-order valence-electron chi connectivity index (χ2n) is 5.42. The Balaban J connectivity index is 1.83. The van der Waals surface area contributed by atoms with Crippen molar-refractivity contribution in [2.75, 3.05) is 0 Å². The first kappa shape index (κ1) is 16.5. The maximum Gasteiger partial charge on any atom is 0.338 e. The Labute approximate surface area is 146 Å². The van der Waals surface area contributed by atoms with E-state index in [0.29, 0.717) is 16.9 Å². The molecule has 0 saturated heterocycles. The highest BCUT2D eigenvalue weighted by molar-refractivity contribution is 5.97. The van der Waals surface area contributed by atoms with Crippen LogP contribution in [-0.2, 0) is 4.79 Å². The van der Waals surface area contributed by atoms with E-state index in [-0.39, 0.29) is 5.91 Å². The van der Waals surface area contributed by atoms with Crippen LogP contribution in [-0.4, -0.2) is 11.9 Å². The third kappa shape index (κ3) is 4.32. The molecule has 25 heavy (non-hydrogen) atoms. The van der Waals surface area contributed by atoms with Crippen LogP contribution in [0.2, 0.25) is 0 Å². The molecule has 0 spiro atoms. The molecule has 0 aliphatic rings. The molecule has 3 aromatic carbocycles. The number of hydrogen-bond donors (Lipinski definition) is 1. The van der Waals surface area contributed by atoms with Gasteiger partial charge in [-0.2, -0.15) is 0 Å². The van der Waals surface area contributed by atoms with Gasteiger partial charge in [-0.25, -0.2) is 4.79 Å². The Bertz CT molecular complexity index is 833. The topological polar surface area (TPSA) is 55.4 Å². The Morgan fingerprint density at radius 1 is 0.720 bits per heavy atom. The zero-order chi connectivity index (χ0) is 17.5. The highest BCUT2D eigenvalue weighted by Crippen LogP contribution is 2.18. The molecule has 1 atom stereocenters. The zero-order valence-electron chi connectivity index (χ0n) is 13.5. The van der Waals surface area contributed by atoms with Gasteiger partial charge in [0.15, 0.2) is 6.04 Å². The lowest BCUT2D eigenvalue weighted by Crippen LogP contribution is -2.36. The third-order valence-electron chi connectivity index (χ3n) is 3.64. The lowest BCUT2D eigenvalue weighted by molar-refractivity contribution is -0.136. The maximum atomic E-state index is 12.6. The molecule has 0 aliphatic carbocycles. The molecule has 0 unspecified atom stereocenters. The predicted molar refractivity (Wildman–Crippen MR) is 95.2 cm³/mol. The van der Waals surface area contributed by atoms with Crippen LogP contribution < -0.4 is 10.1 Å². The average Bonchev–Trinajstić information content (AvgIpc) is 2.68. The summed E-state index contributed by atoms with van der Waals surface area (Å²) >= 11 is 0. The van der Waals surface area contributed by atoms with Crippen LogP contribution in [0.25, 0.3) is 0 Å². The summed E-state index contributed by atoms with van der Waals surface area (Å²) in [6.07, 6.45) is 0. The summed E-state index contributed by atoms with van der Waals surface area (Å²) in [6, 6.07) is 25.7. The number of hydrogen-bond acceptors (Lipinski definition) is 3. The average molecular weight is 331 g/mol. The van der Waals surface area contributed by atoms with Gasteiger partial charge in [-0.05, 0) is 29.8 Å². The first-order chi connectivity index (χ1) is 12.2. The molecule has 1 N–H and O–H groups in total. The second-order valence-corrected chi connectivity index (χ2v) is 5.42. The molecule has 0 heterocycles. The van der Waals surface area contributed by atoms with Crippen LogP contribution in [0.15, 0.2) is 91.0 Å². The minimum Gasteiger partial charge on any atom is -0.425 e. The number of benzene rings is 3. The van der Waals surface area contributed by atoms with Gasteiger partial charge in [0, 0.05) is 5.56 Å². The lowest BCUT2D eigenvalue weighted by Gasteiger charge is -2.18.